The molecule has 6 rings (SSSR count). The van der Waals surface area contributed by atoms with Crippen molar-refractivity contribution in [2.45, 2.75) is 157 Å². The Morgan fingerprint density at radius 1 is 0.361 bits per heavy atom. The number of benzene rings is 5. The maximum absolute atomic E-state index is 4.97. The molecule has 0 unspecified atom stereocenters. The first-order valence-electron chi connectivity index (χ1n) is 27.8. The first kappa shape index (κ1) is 58.0. The van der Waals surface area contributed by atoms with Crippen LogP contribution in [0.3, 0.4) is 0 Å². The van der Waals surface area contributed by atoms with Gasteiger partial charge in [0.15, 0.2) is 0 Å². The van der Waals surface area contributed by atoms with E-state index in [-0.39, 0.29) is 0 Å². The lowest BCUT2D eigenvalue weighted by atomic mass is 9.92. The highest BCUT2D eigenvalue weighted by molar-refractivity contribution is 6.92. The first-order valence-corrected chi connectivity index (χ1v) is 38.9. The van der Waals surface area contributed by atoms with Crippen molar-refractivity contribution in [1.82, 2.24) is 4.98 Å². The summed E-state index contributed by atoms with van der Waals surface area (Å²) in [6, 6.07) is 65.6. The van der Waals surface area contributed by atoms with Gasteiger partial charge >= 0.3 is 0 Å². The van der Waals surface area contributed by atoms with E-state index in [0.717, 1.165) is 33.7 Å². The fourth-order valence-corrected chi connectivity index (χ4v) is 22.9. The number of nitrogens with zero attached hydrogens (tertiary/aromatic N) is 1. The van der Waals surface area contributed by atoms with Crippen molar-refractivity contribution < 1.29 is 0 Å². The van der Waals surface area contributed by atoms with Crippen molar-refractivity contribution in [3.05, 3.63) is 210 Å². The largest absolute Gasteiger partial charge is 0.248 e. The predicted molar refractivity (Wildman–Crippen MR) is 336 cm³/mol. The molecule has 5 aromatic carbocycles. The molecule has 0 bridgehead atoms. The average molecular weight is 1020 g/mol. The first-order chi connectivity index (χ1) is 34.6. The van der Waals surface area contributed by atoms with Gasteiger partial charge in [0.2, 0.25) is 0 Å². The Balaban J connectivity index is 0.000000268. The van der Waals surface area contributed by atoms with Crippen LogP contribution in [0.2, 0.25) is 73.5 Å². The zero-order chi connectivity index (χ0) is 52.7. The van der Waals surface area contributed by atoms with Crippen LogP contribution < -0.4 is 20.7 Å². The quantitative estimate of drug-likeness (QED) is 0.0618. The van der Waals surface area contributed by atoms with Crippen LogP contribution in [-0.4, -0.2) is 37.3 Å². The molecule has 0 atom stereocenters. The van der Waals surface area contributed by atoms with Crippen molar-refractivity contribution in [1.29, 1.82) is 0 Å². The highest BCUT2D eigenvalue weighted by Gasteiger charge is 2.31. The summed E-state index contributed by atoms with van der Waals surface area (Å²) in [5.41, 5.74) is 13.8. The summed E-state index contributed by atoms with van der Waals surface area (Å²) in [6.45, 7) is 41.7. The Kier molecular flexibility index (Phi) is 21.2. The molecule has 1 heterocycles. The van der Waals surface area contributed by atoms with E-state index >= 15 is 0 Å². The van der Waals surface area contributed by atoms with Gasteiger partial charge in [-0.3, -0.25) is 0 Å². The van der Waals surface area contributed by atoms with Gasteiger partial charge in [-0.05, 0) is 76.6 Å². The van der Waals surface area contributed by atoms with Gasteiger partial charge in [0, 0.05) is 11.1 Å². The Morgan fingerprint density at radius 3 is 0.917 bits per heavy atom. The van der Waals surface area contributed by atoms with Crippen LogP contribution in [0, 0.1) is 0 Å². The summed E-state index contributed by atoms with van der Waals surface area (Å²) in [6.07, 6.45) is 4.53. The molecule has 0 aliphatic rings. The smallest absolute Gasteiger partial charge is 0.0859 e. The Bertz CT molecular complexity index is 2730. The van der Waals surface area contributed by atoms with Gasteiger partial charge in [0.1, 0.15) is 0 Å². The minimum absolute atomic E-state index is 0.911. The van der Waals surface area contributed by atoms with Crippen molar-refractivity contribution in [3.8, 4) is 0 Å². The third-order valence-corrected chi connectivity index (χ3v) is 39.0. The van der Waals surface area contributed by atoms with Gasteiger partial charge in [0.25, 0.3) is 0 Å². The van der Waals surface area contributed by atoms with Gasteiger partial charge in [0.05, 0.1) is 43.7 Å². The summed E-state index contributed by atoms with van der Waals surface area (Å²) in [5.74, 6) is 0. The molecule has 6 aromatic rings. The Morgan fingerprint density at radius 2 is 0.639 bits per heavy atom. The molecule has 0 saturated carbocycles. The van der Waals surface area contributed by atoms with E-state index in [1.807, 2.05) is 0 Å². The molecule has 380 valence electrons. The highest BCUT2D eigenvalue weighted by atomic mass is 28.3. The summed E-state index contributed by atoms with van der Waals surface area (Å²) in [5, 5.41) is 6.27. The SMILES string of the molecule is C/C=C(/c1ccc([Si](CC)(CC)CC)cc1)c1cccc(/C(=C/C)c2ccc([Si](C)(CC)CC)cc2)c1.C=C(c1ccc([Si](C)(CC)CC)cc1)c1cccc(C(=C)c2ccc([Si](CC)(CC)CC)cc2)n1. The number of aromatic nitrogens is 1. The Hall–Kier alpha value is -4.92. The molecule has 0 fully saturated rings. The van der Waals surface area contributed by atoms with Crippen molar-refractivity contribution >= 4 is 75.3 Å². The van der Waals surface area contributed by atoms with E-state index in [0.29, 0.717) is 0 Å². The molecule has 5 heteroatoms. The van der Waals surface area contributed by atoms with Crippen LogP contribution in [0.15, 0.2) is 165 Å². The van der Waals surface area contributed by atoms with Gasteiger partial charge in [-0.25, -0.2) is 4.98 Å². The molecular weight excluding hydrogens is 931 g/mol. The minimum atomic E-state index is -1.37. The Labute approximate surface area is 443 Å². The second kappa shape index (κ2) is 26.3. The van der Waals surface area contributed by atoms with E-state index < -0.39 is 32.3 Å². The van der Waals surface area contributed by atoms with E-state index in [4.69, 9.17) is 4.98 Å². The molecule has 0 aliphatic carbocycles. The molecule has 0 aliphatic heterocycles. The fourth-order valence-electron chi connectivity index (χ4n) is 11.1. The van der Waals surface area contributed by atoms with E-state index in [1.54, 1.807) is 15.6 Å². The van der Waals surface area contributed by atoms with Crippen molar-refractivity contribution in [3.63, 3.8) is 0 Å². The van der Waals surface area contributed by atoms with Crippen LogP contribution in [-0.2, 0) is 0 Å². The van der Waals surface area contributed by atoms with Crippen LogP contribution in [0.1, 0.15) is 128 Å². The highest BCUT2D eigenvalue weighted by Crippen LogP contribution is 2.31. The maximum atomic E-state index is 4.97. The molecular formula is C67H91NSi4. The van der Waals surface area contributed by atoms with Crippen LogP contribution in [0.4, 0.5) is 0 Å². The molecule has 0 N–H and O–H groups in total. The van der Waals surface area contributed by atoms with Crippen molar-refractivity contribution in [2.24, 2.45) is 0 Å². The number of pyridine rings is 1. The second-order valence-electron chi connectivity index (χ2n) is 20.9. The molecule has 0 saturated heterocycles. The molecule has 1 nitrogen and oxygen atoms in total. The standard InChI is InChI=1S/C35H48Si2.C32H43NSi2/c1-9-34(28-19-23-32(24-20-28)36(8,11-3)12-4)30-17-16-18-31(27-30)35(10-2)29-21-25-33(26-22-29)37(13-5,14-6)15-7;1-9-34(8,10-2)29-21-17-27(18-22-29)25(6)31-15-14-16-32(33-31)26(7)28-19-23-30(24-20-28)35(11-3,12-4)13-5/h9-10,16-27H,11-15H2,1-8H3;14-24H,6-7,9-13H2,1-5,8H3/b34-9+,35-10-;. The lowest BCUT2D eigenvalue weighted by Crippen LogP contribution is -2.45. The van der Waals surface area contributed by atoms with E-state index in [2.05, 4.69) is 261 Å². The molecule has 0 amide bonds. The number of hydrogen-bond donors (Lipinski definition) is 0. The third-order valence-electron chi connectivity index (χ3n) is 18.1. The number of rotatable bonds is 22. The molecule has 0 spiro atoms. The summed E-state index contributed by atoms with van der Waals surface area (Å²) >= 11 is 0. The lowest BCUT2D eigenvalue weighted by molar-refractivity contribution is 1.19. The van der Waals surface area contributed by atoms with Gasteiger partial charge in [-0.1, -0.05) is 310 Å². The number of hydrogen-bond acceptors (Lipinski definition) is 1. The number of allylic oxidation sites excluding steroid dienone is 2. The zero-order valence-electron chi connectivity index (χ0n) is 47.4. The molecule has 1 aromatic heterocycles. The van der Waals surface area contributed by atoms with Gasteiger partial charge in [-0.15, -0.1) is 0 Å². The minimum Gasteiger partial charge on any atom is -0.248 e. The van der Waals surface area contributed by atoms with E-state index in [9.17, 15) is 0 Å². The normalized spacial score (nSPS) is 12.6. The van der Waals surface area contributed by atoms with Crippen molar-refractivity contribution in [2.75, 3.05) is 0 Å². The fraction of sp³-hybridized carbons (Fsp3) is 0.358. The van der Waals surface area contributed by atoms with Crippen LogP contribution in [0.25, 0.3) is 22.3 Å². The molecule has 72 heavy (non-hydrogen) atoms. The average Bonchev–Trinajstić information content (AvgIpc) is 3.45. The molecule has 0 radical (unpaired) electrons. The predicted octanol–water partition coefficient (Wildman–Crippen LogP) is 17.9. The van der Waals surface area contributed by atoms with Crippen LogP contribution >= 0.6 is 0 Å². The summed E-state index contributed by atoms with van der Waals surface area (Å²) < 4.78 is 0. The van der Waals surface area contributed by atoms with Gasteiger partial charge < -0.3 is 0 Å². The topological polar surface area (TPSA) is 12.9 Å². The monoisotopic (exact) mass is 1020 g/mol. The third kappa shape index (κ3) is 12.7. The maximum Gasteiger partial charge on any atom is 0.0859 e. The van der Waals surface area contributed by atoms with Crippen LogP contribution in [0.5, 0.6) is 0 Å². The second-order valence-corrected chi connectivity index (χ2v) is 41.6. The summed E-state index contributed by atoms with van der Waals surface area (Å²) in [7, 11) is -5.41. The summed E-state index contributed by atoms with van der Waals surface area (Å²) in [4.78, 5) is 4.97. The lowest BCUT2D eigenvalue weighted by Gasteiger charge is -2.29. The van der Waals surface area contributed by atoms with Gasteiger partial charge in [-0.2, -0.15) is 0 Å². The van der Waals surface area contributed by atoms with E-state index in [1.165, 1.54) is 99.0 Å². The zero-order valence-corrected chi connectivity index (χ0v) is 51.4.